The van der Waals surface area contributed by atoms with Crippen molar-refractivity contribution in [3.05, 3.63) is 76.0 Å². The predicted octanol–water partition coefficient (Wildman–Crippen LogP) is 4.59. The van der Waals surface area contributed by atoms with Crippen LogP contribution in [-0.2, 0) is 6.54 Å². The predicted molar refractivity (Wildman–Crippen MR) is 136 cm³/mol. The van der Waals surface area contributed by atoms with Gasteiger partial charge in [-0.1, -0.05) is 11.6 Å². The maximum Gasteiger partial charge on any atom is 0.123 e. The number of nitrogens with one attached hydrogen (secondary N) is 1. The summed E-state index contributed by atoms with van der Waals surface area (Å²) >= 11 is 6.36. The highest BCUT2D eigenvalue weighted by atomic mass is 35.5. The lowest BCUT2D eigenvalue weighted by Crippen LogP contribution is -2.22. The number of likely N-dealkylation sites (tertiary alicyclic amines) is 1. The molecule has 0 saturated carbocycles. The summed E-state index contributed by atoms with van der Waals surface area (Å²) in [5, 5.41) is 27.4. The van der Waals surface area contributed by atoms with Crippen LogP contribution in [0.25, 0.3) is 23.1 Å². The molecule has 35 heavy (non-hydrogen) atoms. The Morgan fingerprint density at radius 1 is 1.23 bits per heavy atom. The number of rotatable bonds is 7. The van der Waals surface area contributed by atoms with E-state index in [1.165, 1.54) is 0 Å². The molecule has 0 radical (unpaired) electrons. The average molecular weight is 491 g/mol. The molecule has 0 amide bonds. The number of aliphatic hydroxyl groups excluding tert-OH is 1. The van der Waals surface area contributed by atoms with Crippen LogP contribution in [0.2, 0.25) is 5.02 Å². The number of hydrogen-bond acceptors (Lipinski definition) is 7. The summed E-state index contributed by atoms with van der Waals surface area (Å²) in [5.41, 5.74) is 5.25. The number of H-pyrrole nitrogens is 1. The second-order valence-corrected chi connectivity index (χ2v) is 9.30. The zero-order chi connectivity index (χ0) is 24.4. The van der Waals surface area contributed by atoms with Crippen molar-refractivity contribution in [2.75, 3.05) is 13.1 Å². The Labute approximate surface area is 208 Å². The molecule has 180 valence electrons. The zero-order valence-corrected chi connectivity index (χ0v) is 20.4. The summed E-state index contributed by atoms with van der Waals surface area (Å²) in [6, 6.07) is 9.75. The van der Waals surface area contributed by atoms with E-state index >= 15 is 0 Å². The van der Waals surface area contributed by atoms with E-state index in [1.54, 1.807) is 12.4 Å². The van der Waals surface area contributed by atoms with Gasteiger partial charge in [-0.25, -0.2) is 0 Å². The normalized spacial score (nSPS) is 17.4. The van der Waals surface area contributed by atoms with Crippen LogP contribution >= 0.6 is 11.6 Å². The monoisotopic (exact) mass is 490 g/mol. The first kappa shape index (κ1) is 23.4. The smallest absolute Gasteiger partial charge is 0.123 e. The first-order chi connectivity index (χ1) is 17.0. The minimum atomic E-state index is -0.236. The molecule has 1 aliphatic heterocycles. The number of aromatic amines is 1. The van der Waals surface area contributed by atoms with Gasteiger partial charge in [0.05, 0.1) is 33.7 Å². The quantitative estimate of drug-likeness (QED) is 0.391. The summed E-state index contributed by atoms with van der Waals surface area (Å²) in [5.74, 6) is 0.726. The lowest BCUT2D eigenvalue weighted by molar-refractivity contribution is 0.174. The van der Waals surface area contributed by atoms with Crippen molar-refractivity contribution in [3.8, 4) is 5.75 Å². The second kappa shape index (κ2) is 10.1. The molecule has 9 heteroatoms. The van der Waals surface area contributed by atoms with Gasteiger partial charge in [-0.2, -0.15) is 15.3 Å². The third-order valence-corrected chi connectivity index (χ3v) is 6.51. The fraction of sp³-hybridized carbons (Fsp3) is 0.308. The Morgan fingerprint density at radius 2 is 2.11 bits per heavy atom. The van der Waals surface area contributed by atoms with Gasteiger partial charge in [0.2, 0.25) is 0 Å². The number of benzene rings is 1. The molecule has 4 aromatic rings. The molecule has 8 nitrogen and oxygen atoms in total. The maximum absolute atomic E-state index is 9.68. The molecule has 5 rings (SSSR count). The van der Waals surface area contributed by atoms with Crippen molar-refractivity contribution in [1.82, 2.24) is 30.3 Å². The van der Waals surface area contributed by atoms with E-state index in [2.05, 4.69) is 30.3 Å². The van der Waals surface area contributed by atoms with Crippen LogP contribution < -0.4 is 4.74 Å². The summed E-state index contributed by atoms with van der Waals surface area (Å²) < 4.78 is 6.21. The van der Waals surface area contributed by atoms with Crippen molar-refractivity contribution in [1.29, 1.82) is 0 Å². The Balaban J connectivity index is 1.30. The number of fused-ring (bicyclic) bond motifs is 1. The fourth-order valence-electron chi connectivity index (χ4n) is 4.43. The Kier molecular flexibility index (Phi) is 6.77. The number of aromatic nitrogens is 5. The molecule has 0 bridgehead atoms. The number of hydrogen-bond donors (Lipinski definition) is 2. The number of β-amino-alcohol motifs (C(OH)–C–C–N with tert-alkyl or cyclic N) is 1. The molecule has 4 heterocycles. The molecule has 1 unspecified atom stereocenters. The molecular weight excluding hydrogens is 464 g/mol. The van der Waals surface area contributed by atoms with E-state index in [0.29, 0.717) is 18.1 Å². The van der Waals surface area contributed by atoms with E-state index < -0.39 is 0 Å². The molecule has 2 atom stereocenters. The molecule has 2 N–H and O–H groups in total. The van der Waals surface area contributed by atoms with Gasteiger partial charge in [-0.05, 0) is 68.3 Å². The van der Waals surface area contributed by atoms with Gasteiger partial charge >= 0.3 is 0 Å². The van der Waals surface area contributed by atoms with E-state index in [-0.39, 0.29) is 12.2 Å². The van der Waals surface area contributed by atoms with E-state index in [1.807, 2.05) is 56.3 Å². The fourth-order valence-corrected chi connectivity index (χ4v) is 4.79. The number of pyridine rings is 1. The topological polar surface area (TPSA) is 100 Å². The molecule has 1 aliphatic rings. The minimum Gasteiger partial charge on any atom is -0.486 e. The van der Waals surface area contributed by atoms with Crippen LogP contribution in [0.5, 0.6) is 5.75 Å². The van der Waals surface area contributed by atoms with Crippen LogP contribution in [-0.4, -0.2) is 54.6 Å². The third kappa shape index (κ3) is 5.35. The Bertz CT molecular complexity index is 1330. The summed E-state index contributed by atoms with van der Waals surface area (Å²) in [4.78, 5) is 6.31. The van der Waals surface area contributed by atoms with Crippen LogP contribution in [0.3, 0.4) is 0 Å². The first-order valence-corrected chi connectivity index (χ1v) is 12.0. The highest BCUT2D eigenvalue weighted by molar-refractivity contribution is 6.31. The molecule has 1 aromatic carbocycles. The number of aryl methyl sites for hydroxylation is 1. The number of aliphatic hydroxyl groups is 1. The van der Waals surface area contributed by atoms with Gasteiger partial charge in [0, 0.05) is 43.0 Å². The summed E-state index contributed by atoms with van der Waals surface area (Å²) in [6.07, 6.45) is 7.58. The van der Waals surface area contributed by atoms with Gasteiger partial charge in [0.1, 0.15) is 11.9 Å². The van der Waals surface area contributed by atoms with Gasteiger partial charge in [-0.3, -0.25) is 15.0 Å². The largest absolute Gasteiger partial charge is 0.486 e. The Hall–Kier alpha value is -3.33. The molecule has 1 saturated heterocycles. The highest BCUT2D eigenvalue weighted by Gasteiger charge is 2.20. The molecule has 0 spiro atoms. The molecule has 3 aromatic heterocycles. The van der Waals surface area contributed by atoms with Crippen LogP contribution in [0.15, 0.2) is 42.7 Å². The van der Waals surface area contributed by atoms with Gasteiger partial charge in [0.15, 0.2) is 0 Å². The van der Waals surface area contributed by atoms with E-state index in [4.69, 9.17) is 16.3 Å². The van der Waals surface area contributed by atoms with E-state index in [0.717, 1.165) is 57.8 Å². The van der Waals surface area contributed by atoms with Gasteiger partial charge in [-0.15, -0.1) is 0 Å². The van der Waals surface area contributed by atoms with Crippen molar-refractivity contribution in [2.24, 2.45) is 0 Å². The average Bonchev–Trinajstić information content (AvgIpc) is 3.44. The van der Waals surface area contributed by atoms with Crippen molar-refractivity contribution >= 4 is 34.7 Å². The van der Waals surface area contributed by atoms with Crippen molar-refractivity contribution < 1.29 is 9.84 Å². The van der Waals surface area contributed by atoms with Crippen molar-refractivity contribution in [2.45, 2.75) is 39.0 Å². The molecular formula is C26H27ClN6O2. The minimum absolute atomic E-state index is 0.230. The SMILES string of the molecule is Cc1cncc(Cl)c1[C@@H](C)Oc1ccc2[nH]nc(/C=C/c3ccc(CN4CCC(O)C4)nn3)c2c1. The van der Waals surface area contributed by atoms with Crippen LogP contribution in [0.4, 0.5) is 0 Å². The van der Waals surface area contributed by atoms with E-state index in [9.17, 15) is 5.11 Å². The summed E-state index contributed by atoms with van der Waals surface area (Å²) in [7, 11) is 0. The van der Waals surface area contributed by atoms with Gasteiger partial charge < -0.3 is 9.84 Å². The first-order valence-electron chi connectivity index (χ1n) is 11.6. The third-order valence-electron chi connectivity index (χ3n) is 6.21. The molecule has 0 aliphatic carbocycles. The second-order valence-electron chi connectivity index (χ2n) is 8.89. The molecule has 1 fully saturated rings. The number of halogens is 1. The van der Waals surface area contributed by atoms with Gasteiger partial charge in [0.25, 0.3) is 0 Å². The van der Waals surface area contributed by atoms with Crippen molar-refractivity contribution in [3.63, 3.8) is 0 Å². The highest BCUT2D eigenvalue weighted by Crippen LogP contribution is 2.31. The maximum atomic E-state index is 9.68. The van der Waals surface area contributed by atoms with Crippen LogP contribution in [0.1, 0.15) is 47.7 Å². The number of nitrogens with zero attached hydrogens (tertiary/aromatic N) is 5. The van der Waals surface area contributed by atoms with Crippen LogP contribution in [0, 0.1) is 6.92 Å². The Morgan fingerprint density at radius 3 is 2.86 bits per heavy atom. The standard InChI is InChI=1S/C26H27ClN6O2/c1-16-12-28-13-23(27)26(16)17(2)35-21-6-8-25-22(11-21)24(31-32-25)7-5-18-3-4-19(30-29-18)14-33-10-9-20(34)15-33/h3-8,11-13,17,20,34H,9-10,14-15H2,1-2H3,(H,31,32)/b7-5+/t17-,20?/m1/s1. The number of ether oxygens (including phenoxy) is 1. The lowest BCUT2D eigenvalue weighted by Gasteiger charge is -2.18. The zero-order valence-electron chi connectivity index (χ0n) is 19.6. The summed E-state index contributed by atoms with van der Waals surface area (Å²) in [6.45, 7) is 6.22. The lowest BCUT2D eigenvalue weighted by atomic mass is 10.1.